The Morgan fingerprint density at radius 1 is 1.14 bits per heavy atom. The molecule has 4 rings (SSSR count). The summed E-state index contributed by atoms with van der Waals surface area (Å²) in [6.07, 6.45) is 1.62. The first-order chi connectivity index (χ1) is 13.9. The molecule has 1 saturated heterocycles. The molecule has 0 bridgehead atoms. The molecule has 0 saturated carbocycles. The summed E-state index contributed by atoms with van der Waals surface area (Å²) in [7, 11) is 0. The van der Waals surface area contributed by atoms with E-state index in [2.05, 4.69) is 0 Å². The van der Waals surface area contributed by atoms with E-state index in [1.54, 1.807) is 24.3 Å². The Morgan fingerprint density at radius 3 is 2.62 bits per heavy atom. The van der Waals surface area contributed by atoms with Gasteiger partial charge in [-0.05, 0) is 42.5 Å². The standard InChI is InChI=1S/C21H12ClNO4S2/c22-16-8-6-12(10-15(16)20(25)26)17-9-7-14(27-17)11-18-19(24)23(21(28)29-18)13-4-2-1-3-5-13/h1-11H,(H,25,26)/b18-11+. The van der Waals surface area contributed by atoms with E-state index in [0.717, 1.165) is 0 Å². The van der Waals surface area contributed by atoms with Crippen LogP contribution >= 0.6 is 35.6 Å². The Labute approximate surface area is 180 Å². The summed E-state index contributed by atoms with van der Waals surface area (Å²) in [5.74, 6) is -0.411. The minimum absolute atomic E-state index is 0.00847. The Morgan fingerprint density at radius 2 is 1.90 bits per heavy atom. The van der Waals surface area contributed by atoms with Crippen LogP contribution in [0.4, 0.5) is 5.69 Å². The van der Waals surface area contributed by atoms with Crippen molar-refractivity contribution in [2.75, 3.05) is 4.90 Å². The lowest BCUT2D eigenvalue weighted by Crippen LogP contribution is -2.27. The van der Waals surface area contributed by atoms with E-state index in [-0.39, 0.29) is 16.5 Å². The number of furan rings is 1. The highest BCUT2D eigenvalue weighted by Crippen LogP contribution is 2.36. The van der Waals surface area contributed by atoms with Crippen molar-refractivity contribution in [2.24, 2.45) is 0 Å². The molecule has 29 heavy (non-hydrogen) atoms. The summed E-state index contributed by atoms with van der Waals surface area (Å²) < 4.78 is 6.24. The number of nitrogens with zero attached hydrogens (tertiary/aromatic N) is 1. The predicted molar refractivity (Wildman–Crippen MR) is 118 cm³/mol. The van der Waals surface area contributed by atoms with Crippen molar-refractivity contribution < 1.29 is 19.1 Å². The number of carbonyl (C=O) groups is 2. The molecule has 1 amide bonds. The van der Waals surface area contributed by atoms with Gasteiger partial charge in [-0.25, -0.2) is 4.79 Å². The molecule has 1 aliphatic rings. The number of carboxylic acid groups (broad SMARTS) is 1. The molecule has 0 atom stereocenters. The molecule has 0 unspecified atom stereocenters. The van der Waals surface area contributed by atoms with Crippen molar-refractivity contribution in [3.63, 3.8) is 0 Å². The fourth-order valence-electron chi connectivity index (χ4n) is 2.82. The highest BCUT2D eigenvalue weighted by atomic mass is 35.5. The van der Waals surface area contributed by atoms with Gasteiger partial charge in [0.1, 0.15) is 11.5 Å². The molecule has 1 aromatic heterocycles. The van der Waals surface area contributed by atoms with Crippen molar-refractivity contribution in [1.82, 2.24) is 0 Å². The van der Waals surface area contributed by atoms with Crippen LogP contribution in [0.2, 0.25) is 5.02 Å². The van der Waals surface area contributed by atoms with Gasteiger partial charge in [0.25, 0.3) is 5.91 Å². The minimum atomic E-state index is -1.12. The third-order valence-electron chi connectivity index (χ3n) is 4.19. The van der Waals surface area contributed by atoms with E-state index in [4.69, 9.17) is 28.2 Å². The molecule has 3 aromatic rings. The quantitative estimate of drug-likeness (QED) is 0.413. The highest BCUT2D eigenvalue weighted by Gasteiger charge is 2.33. The van der Waals surface area contributed by atoms with E-state index in [9.17, 15) is 14.7 Å². The molecule has 8 heteroatoms. The number of aromatic carboxylic acids is 1. The number of thiocarbonyl (C=S) groups is 1. The van der Waals surface area contributed by atoms with Crippen LogP contribution in [0.3, 0.4) is 0 Å². The van der Waals surface area contributed by atoms with Crippen LogP contribution in [0.5, 0.6) is 0 Å². The fourth-order valence-corrected chi connectivity index (χ4v) is 4.30. The van der Waals surface area contributed by atoms with E-state index < -0.39 is 5.97 Å². The molecule has 5 nitrogen and oxygen atoms in total. The van der Waals surface area contributed by atoms with Gasteiger partial charge < -0.3 is 9.52 Å². The third-order valence-corrected chi connectivity index (χ3v) is 5.82. The maximum absolute atomic E-state index is 12.8. The molecule has 1 fully saturated rings. The van der Waals surface area contributed by atoms with Crippen LogP contribution in [0.25, 0.3) is 17.4 Å². The van der Waals surface area contributed by atoms with Gasteiger partial charge >= 0.3 is 5.97 Å². The van der Waals surface area contributed by atoms with Crippen LogP contribution in [0.1, 0.15) is 16.1 Å². The normalized spacial score (nSPS) is 15.3. The second-order valence-corrected chi connectivity index (χ2v) is 8.14. The summed E-state index contributed by atoms with van der Waals surface area (Å²) in [5.41, 5.74) is 1.27. The molecule has 0 aliphatic carbocycles. The number of carboxylic acids is 1. The van der Waals surface area contributed by atoms with Gasteiger partial charge in [-0.3, -0.25) is 9.69 Å². The minimum Gasteiger partial charge on any atom is -0.478 e. The number of halogens is 1. The SMILES string of the molecule is O=C(O)c1cc(-c2ccc(/C=C3/SC(=S)N(c4ccccc4)C3=O)o2)ccc1Cl. The number of hydrogen-bond donors (Lipinski definition) is 1. The summed E-state index contributed by atoms with van der Waals surface area (Å²) in [4.78, 5) is 26.0. The largest absolute Gasteiger partial charge is 0.478 e. The summed E-state index contributed by atoms with van der Waals surface area (Å²) in [6, 6.07) is 17.2. The van der Waals surface area contributed by atoms with Crippen molar-refractivity contribution in [1.29, 1.82) is 0 Å². The Kier molecular flexibility index (Phi) is 5.27. The number of benzene rings is 2. The van der Waals surface area contributed by atoms with E-state index in [0.29, 0.717) is 32.0 Å². The van der Waals surface area contributed by atoms with Gasteiger partial charge in [-0.1, -0.05) is 53.8 Å². The van der Waals surface area contributed by atoms with Crippen LogP contribution in [0, 0.1) is 0 Å². The van der Waals surface area contributed by atoms with Crippen LogP contribution in [0.15, 0.2) is 70.0 Å². The first-order valence-corrected chi connectivity index (χ1v) is 10.0. The first-order valence-electron chi connectivity index (χ1n) is 8.40. The molecule has 2 heterocycles. The van der Waals surface area contributed by atoms with Crippen molar-refractivity contribution in [2.45, 2.75) is 0 Å². The monoisotopic (exact) mass is 441 g/mol. The molecule has 0 radical (unpaired) electrons. The smallest absolute Gasteiger partial charge is 0.337 e. The average Bonchev–Trinajstić information content (AvgIpc) is 3.27. The zero-order valence-electron chi connectivity index (χ0n) is 14.7. The lowest BCUT2D eigenvalue weighted by Gasteiger charge is -2.13. The van der Waals surface area contributed by atoms with Gasteiger partial charge in [0.05, 0.1) is 21.2 Å². The highest BCUT2D eigenvalue weighted by molar-refractivity contribution is 8.27. The van der Waals surface area contributed by atoms with Gasteiger partial charge in [0, 0.05) is 11.6 Å². The third kappa shape index (κ3) is 3.85. The second-order valence-electron chi connectivity index (χ2n) is 6.05. The van der Waals surface area contributed by atoms with E-state index in [1.165, 1.54) is 28.8 Å². The molecular formula is C21H12ClNO4S2. The van der Waals surface area contributed by atoms with Crippen molar-refractivity contribution in [3.05, 3.63) is 81.9 Å². The van der Waals surface area contributed by atoms with Crippen molar-refractivity contribution >= 4 is 63.5 Å². The Hall–Kier alpha value is -2.87. The average molecular weight is 442 g/mol. The van der Waals surface area contributed by atoms with Crippen LogP contribution in [-0.4, -0.2) is 21.3 Å². The summed E-state index contributed by atoms with van der Waals surface area (Å²) in [5, 5.41) is 9.37. The number of hydrogen-bond acceptors (Lipinski definition) is 5. The number of rotatable bonds is 4. The maximum atomic E-state index is 12.8. The fraction of sp³-hybridized carbons (Fsp3) is 0. The molecule has 1 aliphatic heterocycles. The predicted octanol–water partition coefficient (Wildman–Crippen LogP) is 5.70. The molecule has 144 valence electrons. The molecular weight excluding hydrogens is 430 g/mol. The molecule has 0 spiro atoms. The van der Waals surface area contributed by atoms with Gasteiger partial charge in [-0.2, -0.15) is 0 Å². The zero-order chi connectivity index (χ0) is 20.5. The van der Waals surface area contributed by atoms with Crippen LogP contribution < -0.4 is 4.90 Å². The number of amides is 1. The van der Waals surface area contributed by atoms with E-state index >= 15 is 0 Å². The maximum Gasteiger partial charge on any atom is 0.337 e. The summed E-state index contributed by atoms with van der Waals surface area (Å²) >= 11 is 12.5. The first kappa shape index (κ1) is 19.4. The Balaban J connectivity index is 1.62. The molecule has 2 aromatic carbocycles. The van der Waals surface area contributed by atoms with Gasteiger partial charge in [-0.15, -0.1) is 0 Å². The van der Waals surface area contributed by atoms with Crippen molar-refractivity contribution in [3.8, 4) is 11.3 Å². The van der Waals surface area contributed by atoms with E-state index in [1.807, 2.05) is 30.3 Å². The number of anilines is 1. The lowest BCUT2D eigenvalue weighted by atomic mass is 10.1. The zero-order valence-corrected chi connectivity index (χ0v) is 17.1. The van der Waals surface area contributed by atoms with Gasteiger partial charge in [0.15, 0.2) is 4.32 Å². The topological polar surface area (TPSA) is 70.8 Å². The number of para-hydroxylation sites is 1. The summed E-state index contributed by atoms with van der Waals surface area (Å²) in [6.45, 7) is 0. The van der Waals surface area contributed by atoms with Gasteiger partial charge in [0.2, 0.25) is 0 Å². The Bertz CT molecular complexity index is 1170. The lowest BCUT2D eigenvalue weighted by molar-refractivity contribution is -0.113. The number of thioether (sulfide) groups is 1. The van der Waals surface area contributed by atoms with Crippen LogP contribution in [-0.2, 0) is 4.79 Å². The number of carbonyl (C=O) groups excluding carboxylic acids is 1. The molecule has 1 N–H and O–H groups in total. The second kappa shape index (κ2) is 7.87.